The van der Waals surface area contributed by atoms with Gasteiger partial charge in [-0.1, -0.05) is 48.5 Å². The molecule has 2 atom stereocenters. The maximum atomic E-state index is 16.7. The Bertz CT molecular complexity index is 1810. The molecule has 3 aromatic carbocycles. The number of hydrogen-bond donors (Lipinski definition) is 0. The molecule has 0 radical (unpaired) electrons. The Kier molecular flexibility index (Phi) is 8.34. The highest BCUT2D eigenvalue weighted by Crippen LogP contribution is 2.40. The van der Waals surface area contributed by atoms with Crippen LogP contribution in [0.2, 0.25) is 5.02 Å². The molecule has 0 aliphatic carbocycles. The molecule has 6 rings (SSSR count). The van der Waals surface area contributed by atoms with Crippen molar-refractivity contribution in [2.75, 3.05) is 51.3 Å². The van der Waals surface area contributed by atoms with Crippen molar-refractivity contribution in [2.24, 2.45) is 0 Å². The number of benzene rings is 3. The van der Waals surface area contributed by atoms with E-state index in [9.17, 15) is 4.79 Å². The summed E-state index contributed by atoms with van der Waals surface area (Å²) in [5, 5.41) is 1.84. The highest BCUT2D eigenvalue weighted by molar-refractivity contribution is 6.36. The van der Waals surface area contributed by atoms with E-state index in [1.54, 1.807) is 29.2 Å². The summed E-state index contributed by atoms with van der Waals surface area (Å²) in [4.78, 5) is 30.8. The number of rotatable bonds is 7. The minimum Gasteiger partial charge on any atom is -0.462 e. The number of aromatic nitrogens is 2. The molecule has 44 heavy (non-hydrogen) atoms. The number of fused-ring (bicyclic) bond motifs is 2. The predicted molar refractivity (Wildman–Crippen MR) is 168 cm³/mol. The number of anilines is 1. The summed E-state index contributed by atoms with van der Waals surface area (Å²) in [5.74, 6) is -1.62. The van der Waals surface area contributed by atoms with E-state index in [0.29, 0.717) is 29.1 Å². The third kappa shape index (κ3) is 5.42. The van der Waals surface area contributed by atoms with Gasteiger partial charge in [0.25, 0.3) is 0 Å². The maximum Gasteiger partial charge on any atom is 0.319 e. The summed E-state index contributed by atoms with van der Waals surface area (Å²) in [6, 6.07) is 11.5. The largest absolute Gasteiger partial charge is 0.462 e. The molecule has 8 nitrogen and oxygen atoms in total. The van der Waals surface area contributed by atoms with Crippen LogP contribution in [-0.4, -0.2) is 84.1 Å². The van der Waals surface area contributed by atoms with Crippen LogP contribution in [-0.2, 0) is 4.79 Å². The Morgan fingerprint density at radius 1 is 1.18 bits per heavy atom. The molecule has 2 fully saturated rings. The molecule has 0 saturated carbocycles. The van der Waals surface area contributed by atoms with Gasteiger partial charge in [-0.05, 0) is 55.6 Å². The summed E-state index contributed by atoms with van der Waals surface area (Å²) < 4.78 is 38.8. The molecule has 3 heterocycles. The predicted octanol–water partition coefficient (Wildman–Crippen LogP) is 5.98. The summed E-state index contributed by atoms with van der Waals surface area (Å²) in [6.45, 7) is 13.2. The number of amides is 1. The molecule has 2 saturated heterocycles. The van der Waals surface area contributed by atoms with E-state index in [1.807, 2.05) is 24.1 Å². The van der Waals surface area contributed by atoms with Crippen LogP contribution in [0.4, 0.5) is 14.6 Å². The smallest absolute Gasteiger partial charge is 0.319 e. The van der Waals surface area contributed by atoms with Crippen LogP contribution < -0.4 is 9.64 Å². The Labute approximate surface area is 259 Å². The second-order valence-electron chi connectivity index (χ2n) is 11.2. The number of piperazine rings is 1. The number of carbonyl (C=O) groups is 1. The van der Waals surface area contributed by atoms with Crippen molar-refractivity contribution >= 4 is 45.0 Å². The van der Waals surface area contributed by atoms with E-state index in [0.717, 1.165) is 24.8 Å². The molecule has 4 aromatic rings. The highest BCUT2D eigenvalue weighted by atomic mass is 35.5. The first-order chi connectivity index (χ1) is 21.3. The van der Waals surface area contributed by atoms with Gasteiger partial charge in [0.2, 0.25) is 12.5 Å². The molecule has 1 amide bonds. The van der Waals surface area contributed by atoms with Gasteiger partial charge in [0, 0.05) is 41.5 Å². The quantitative estimate of drug-likeness (QED) is 0.188. The normalized spacial score (nSPS) is 19.0. The molecular weight excluding hydrogens is 586 g/mol. The van der Waals surface area contributed by atoms with E-state index in [-0.39, 0.29) is 59.9 Å². The van der Waals surface area contributed by atoms with Crippen LogP contribution in [0, 0.1) is 18.2 Å². The number of carbonyl (C=O) groups excluding carboxylic acids is 1. The van der Waals surface area contributed by atoms with Crippen molar-refractivity contribution in [3.8, 4) is 17.1 Å². The fourth-order valence-electron chi connectivity index (χ4n) is 6.29. The Morgan fingerprint density at radius 3 is 2.70 bits per heavy atom. The fraction of sp³-hybridized carbons (Fsp3) is 0.333. The van der Waals surface area contributed by atoms with Gasteiger partial charge in [0.1, 0.15) is 29.8 Å². The number of hydrogen-bond acceptors (Lipinski definition) is 6. The van der Waals surface area contributed by atoms with E-state index >= 15 is 8.78 Å². The van der Waals surface area contributed by atoms with Gasteiger partial charge < -0.3 is 24.3 Å². The zero-order valence-electron chi connectivity index (χ0n) is 24.3. The monoisotopic (exact) mass is 616 g/mol. The van der Waals surface area contributed by atoms with Crippen LogP contribution in [0.15, 0.2) is 55.1 Å². The van der Waals surface area contributed by atoms with Crippen molar-refractivity contribution in [3.05, 3.63) is 83.2 Å². The third-order valence-electron chi connectivity index (χ3n) is 8.58. The van der Waals surface area contributed by atoms with Crippen molar-refractivity contribution in [2.45, 2.75) is 24.9 Å². The number of likely N-dealkylation sites (N-methyl/N-ethyl adjacent to an activating group) is 1. The zero-order chi connectivity index (χ0) is 31.0. The molecule has 2 aliphatic heterocycles. The van der Waals surface area contributed by atoms with Gasteiger partial charge in [0.05, 0.1) is 5.56 Å². The molecule has 1 aromatic heterocycles. The minimum absolute atomic E-state index is 0.0217. The van der Waals surface area contributed by atoms with Crippen molar-refractivity contribution in [1.29, 1.82) is 0 Å². The van der Waals surface area contributed by atoms with E-state index < -0.39 is 17.7 Å². The standard InChI is InChI=1S/C33H31ClF2N6O2/c1-4-27(43)42-15-14-41(18-22(42)17-37-2)32-24-16-26(35)29(23-11-5-8-20-9-6-12-25(34)28(20)23)30(36)31(24)38-33(39-32)44-19-21-10-7-13-40(21)3/h4-6,8-9,11-12,16,21-22H,1,7,10,13-15,17-19H2,3H3/t21-,22-/m0/s1. The third-order valence-corrected chi connectivity index (χ3v) is 8.90. The fourth-order valence-corrected chi connectivity index (χ4v) is 6.58. The second-order valence-corrected chi connectivity index (χ2v) is 11.6. The van der Waals surface area contributed by atoms with E-state index in [4.69, 9.17) is 22.9 Å². The number of halogens is 3. The molecule has 0 N–H and O–H groups in total. The highest BCUT2D eigenvalue weighted by Gasteiger charge is 2.34. The molecular formula is C33H31ClF2N6O2. The van der Waals surface area contributed by atoms with Crippen LogP contribution >= 0.6 is 11.6 Å². The average Bonchev–Trinajstić information content (AvgIpc) is 3.44. The number of nitrogens with zero attached hydrogens (tertiary/aromatic N) is 6. The lowest BCUT2D eigenvalue weighted by molar-refractivity contribution is -0.128. The van der Waals surface area contributed by atoms with E-state index in [1.165, 1.54) is 12.1 Å². The van der Waals surface area contributed by atoms with Gasteiger partial charge in [-0.2, -0.15) is 9.97 Å². The van der Waals surface area contributed by atoms with Gasteiger partial charge in [-0.15, -0.1) is 0 Å². The minimum atomic E-state index is -0.850. The topological polar surface area (TPSA) is 66.2 Å². The van der Waals surface area contributed by atoms with Crippen LogP contribution in [0.3, 0.4) is 0 Å². The first kappa shape index (κ1) is 29.7. The van der Waals surface area contributed by atoms with Crippen LogP contribution in [0.1, 0.15) is 12.8 Å². The zero-order valence-corrected chi connectivity index (χ0v) is 25.0. The lowest BCUT2D eigenvalue weighted by Crippen LogP contribution is -2.56. The Hall–Kier alpha value is -4.33. The number of likely N-dealkylation sites (tertiary alicyclic amines) is 1. The molecule has 11 heteroatoms. The van der Waals surface area contributed by atoms with Crippen LogP contribution in [0.5, 0.6) is 6.01 Å². The lowest BCUT2D eigenvalue weighted by Gasteiger charge is -2.39. The number of ether oxygens (including phenoxy) is 1. The summed E-state index contributed by atoms with van der Waals surface area (Å²) >= 11 is 6.53. The van der Waals surface area contributed by atoms with Gasteiger partial charge >= 0.3 is 6.01 Å². The maximum absolute atomic E-state index is 16.7. The van der Waals surface area contributed by atoms with Crippen molar-refractivity contribution in [3.63, 3.8) is 0 Å². The van der Waals surface area contributed by atoms with E-state index in [2.05, 4.69) is 26.3 Å². The summed E-state index contributed by atoms with van der Waals surface area (Å²) in [7, 11) is 2.03. The molecule has 226 valence electrons. The molecule has 0 bridgehead atoms. The van der Waals surface area contributed by atoms with Gasteiger partial charge in [0.15, 0.2) is 5.82 Å². The van der Waals surface area contributed by atoms with Gasteiger partial charge in [-0.25, -0.2) is 15.4 Å². The van der Waals surface area contributed by atoms with Crippen LogP contribution in [0.25, 0.3) is 37.6 Å². The average molecular weight is 617 g/mol. The van der Waals surface area contributed by atoms with Crippen molar-refractivity contribution < 1.29 is 18.3 Å². The lowest BCUT2D eigenvalue weighted by atomic mass is 9.96. The Balaban J connectivity index is 1.49. The Morgan fingerprint density at radius 2 is 1.98 bits per heavy atom. The molecule has 0 unspecified atom stereocenters. The molecule has 2 aliphatic rings. The first-order valence-corrected chi connectivity index (χ1v) is 14.9. The first-order valence-electron chi connectivity index (χ1n) is 14.5. The second kappa shape index (κ2) is 12.3. The summed E-state index contributed by atoms with van der Waals surface area (Å²) in [5.41, 5.74) is -0.0138. The van der Waals surface area contributed by atoms with Gasteiger partial charge in [-0.3, -0.25) is 4.79 Å². The summed E-state index contributed by atoms with van der Waals surface area (Å²) in [6.07, 6.45) is 3.24. The van der Waals surface area contributed by atoms with Crippen molar-refractivity contribution in [1.82, 2.24) is 19.8 Å². The molecule has 0 spiro atoms. The SMILES string of the molecule is [C-]#[N+]C[C@H]1CN(c2nc(OC[C@@H]3CCCN3C)nc3c(F)c(-c4cccc5cccc(Cl)c45)c(F)cc23)CCN1C(=O)C=C.